The summed E-state index contributed by atoms with van der Waals surface area (Å²) in [6, 6.07) is 6.04. The van der Waals surface area contributed by atoms with Crippen LogP contribution in [0.1, 0.15) is 18.1 Å². The molecule has 1 aliphatic heterocycles. The van der Waals surface area contributed by atoms with E-state index in [0.717, 1.165) is 23.2 Å². The highest BCUT2D eigenvalue weighted by Crippen LogP contribution is 2.28. The van der Waals surface area contributed by atoms with Crippen LogP contribution >= 0.6 is 0 Å². The molecule has 1 N–H and O–H groups in total. The molecule has 0 radical (unpaired) electrons. The van der Waals surface area contributed by atoms with Crippen LogP contribution in [0.25, 0.3) is 0 Å². The van der Waals surface area contributed by atoms with Gasteiger partial charge in [-0.1, -0.05) is 12.1 Å². The van der Waals surface area contributed by atoms with E-state index in [0.29, 0.717) is 13.0 Å². The molecule has 1 aliphatic rings. The number of nitrogens with one attached hydrogen (secondary N) is 1. The molecule has 2 rings (SSSR count). The zero-order chi connectivity index (χ0) is 12.4. The third kappa shape index (κ3) is 2.46. The summed E-state index contributed by atoms with van der Waals surface area (Å²) < 4.78 is 0. The molecule has 0 spiro atoms. The summed E-state index contributed by atoms with van der Waals surface area (Å²) in [5.74, 6) is 0.125. The Balaban J connectivity index is 2.05. The molecule has 0 fully saturated rings. The maximum Gasteiger partial charge on any atom is 0.231 e. The molecule has 4 nitrogen and oxygen atoms in total. The predicted molar refractivity (Wildman–Crippen MR) is 65.9 cm³/mol. The van der Waals surface area contributed by atoms with Gasteiger partial charge in [0.1, 0.15) is 0 Å². The molecule has 1 aromatic carbocycles. The smallest absolute Gasteiger partial charge is 0.231 e. The zero-order valence-electron chi connectivity index (χ0n) is 10.1. The van der Waals surface area contributed by atoms with Crippen LogP contribution in [0.5, 0.6) is 0 Å². The number of hydrogen-bond acceptors (Lipinski definition) is 2. The fourth-order valence-electron chi connectivity index (χ4n) is 2.06. The summed E-state index contributed by atoms with van der Waals surface area (Å²) in [5, 5.41) is 2.76. The van der Waals surface area contributed by atoms with Gasteiger partial charge in [-0.3, -0.25) is 9.59 Å². The lowest BCUT2D eigenvalue weighted by Crippen LogP contribution is -2.22. The Bertz CT molecular complexity index is 468. The first kappa shape index (κ1) is 11.6. The maximum absolute atomic E-state index is 11.5. The van der Waals surface area contributed by atoms with Crippen molar-refractivity contribution in [1.82, 2.24) is 5.32 Å². The summed E-state index contributed by atoms with van der Waals surface area (Å²) in [7, 11) is 1.80. The Morgan fingerprint density at radius 2 is 2.24 bits per heavy atom. The van der Waals surface area contributed by atoms with Crippen molar-refractivity contribution < 1.29 is 9.59 Å². The van der Waals surface area contributed by atoms with Crippen LogP contribution in [-0.2, 0) is 22.4 Å². The third-order valence-corrected chi connectivity index (χ3v) is 3.01. The molecule has 1 heterocycles. The topological polar surface area (TPSA) is 49.4 Å². The van der Waals surface area contributed by atoms with E-state index in [1.54, 1.807) is 11.9 Å². The Labute approximate surface area is 101 Å². The van der Waals surface area contributed by atoms with E-state index in [9.17, 15) is 9.59 Å². The van der Waals surface area contributed by atoms with Crippen LogP contribution in [-0.4, -0.2) is 25.4 Å². The fourth-order valence-corrected chi connectivity index (χ4v) is 2.06. The minimum Gasteiger partial charge on any atom is -0.356 e. The van der Waals surface area contributed by atoms with Gasteiger partial charge in [-0.25, -0.2) is 0 Å². The molecule has 0 saturated heterocycles. The van der Waals surface area contributed by atoms with Gasteiger partial charge in [0.25, 0.3) is 0 Å². The Morgan fingerprint density at radius 1 is 1.47 bits per heavy atom. The van der Waals surface area contributed by atoms with Crippen molar-refractivity contribution in [3.63, 3.8) is 0 Å². The number of benzene rings is 1. The molecule has 0 bridgehead atoms. The van der Waals surface area contributed by atoms with E-state index in [2.05, 4.69) is 11.4 Å². The predicted octanol–water partition coefficient (Wildman–Crippen LogP) is 0.884. The van der Waals surface area contributed by atoms with Gasteiger partial charge in [-0.2, -0.15) is 0 Å². The lowest BCUT2D eigenvalue weighted by molar-refractivity contribution is -0.119. The number of likely N-dealkylation sites (N-methyl/N-ethyl adjacent to an activating group) is 1. The molecule has 0 aliphatic carbocycles. The van der Waals surface area contributed by atoms with Crippen LogP contribution in [0.4, 0.5) is 5.69 Å². The highest BCUT2D eigenvalue weighted by Gasteiger charge is 2.23. The fraction of sp³-hybridized carbons (Fsp3) is 0.385. The Hall–Kier alpha value is -1.84. The summed E-state index contributed by atoms with van der Waals surface area (Å²) in [5.41, 5.74) is 3.23. The van der Waals surface area contributed by atoms with E-state index < -0.39 is 0 Å². The van der Waals surface area contributed by atoms with Gasteiger partial charge in [0.05, 0.1) is 6.42 Å². The van der Waals surface area contributed by atoms with Gasteiger partial charge >= 0.3 is 0 Å². The Morgan fingerprint density at radius 3 is 2.94 bits per heavy atom. The SMILES string of the molecule is CC(=O)NCCc1ccc2c(c1)CC(=O)N2C. The number of anilines is 1. The minimum atomic E-state index is -0.0129. The highest BCUT2D eigenvalue weighted by atomic mass is 16.2. The average molecular weight is 232 g/mol. The normalized spacial score (nSPS) is 13.8. The quantitative estimate of drug-likeness (QED) is 0.841. The highest BCUT2D eigenvalue weighted by molar-refractivity contribution is 6.00. The average Bonchev–Trinajstić information content (AvgIpc) is 2.54. The summed E-state index contributed by atoms with van der Waals surface area (Å²) in [6.07, 6.45) is 1.28. The van der Waals surface area contributed by atoms with E-state index in [4.69, 9.17) is 0 Å². The number of fused-ring (bicyclic) bond motifs is 1. The van der Waals surface area contributed by atoms with Gasteiger partial charge in [-0.05, 0) is 23.6 Å². The van der Waals surface area contributed by atoms with Crippen LogP contribution in [0, 0.1) is 0 Å². The zero-order valence-corrected chi connectivity index (χ0v) is 10.1. The number of carbonyl (C=O) groups is 2. The molecular weight excluding hydrogens is 216 g/mol. The van der Waals surface area contributed by atoms with Crippen molar-refractivity contribution in [3.05, 3.63) is 29.3 Å². The molecule has 17 heavy (non-hydrogen) atoms. The van der Waals surface area contributed by atoms with E-state index in [-0.39, 0.29) is 11.8 Å². The van der Waals surface area contributed by atoms with Crippen molar-refractivity contribution in [2.75, 3.05) is 18.5 Å². The number of nitrogens with zero attached hydrogens (tertiary/aromatic N) is 1. The van der Waals surface area contributed by atoms with Gasteiger partial charge < -0.3 is 10.2 Å². The van der Waals surface area contributed by atoms with Crippen molar-refractivity contribution in [2.24, 2.45) is 0 Å². The number of hydrogen-bond donors (Lipinski definition) is 1. The van der Waals surface area contributed by atoms with Crippen LogP contribution in [0.2, 0.25) is 0 Å². The first-order valence-corrected chi connectivity index (χ1v) is 5.70. The molecule has 2 amide bonds. The first-order valence-electron chi connectivity index (χ1n) is 5.70. The van der Waals surface area contributed by atoms with Crippen LogP contribution in [0.3, 0.4) is 0 Å². The maximum atomic E-state index is 11.5. The largest absolute Gasteiger partial charge is 0.356 e. The van der Waals surface area contributed by atoms with Crippen molar-refractivity contribution in [3.8, 4) is 0 Å². The van der Waals surface area contributed by atoms with Gasteiger partial charge in [-0.15, -0.1) is 0 Å². The second-order valence-electron chi connectivity index (χ2n) is 4.33. The molecule has 90 valence electrons. The molecule has 1 aromatic rings. The number of carbonyl (C=O) groups excluding carboxylic acids is 2. The molecule has 0 aromatic heterocycles. The number of amides is 2. The summed E-state index contributed by atoms with van der Waals surface area (Å²) in [4.78, 5) is 23.9. The molecular formula is C13H16N2O2. The molecule has 0 atom stereocenters. The van der Waals surface area contributed by atoms with Gasteiger partial charge in [0.15, 0.2) is 0 Å². The lowest BCUT2D eigenvalue weighted by Gasteiger charge is -2.10. The van der Waals surface area contributed by atoms with E-state index in [1.807, 2.05) is 12.1 Å². The summed E-state index contributed by atoms with van der Waals surface area (Å²) >= 11 is 0. The second-order valence-corrected chi connectivity index (χ2v) is 4.33. The van der Waals surface area contributed by atoms with Crippen LogP contribution in [0.15, 0.2) is 18.2 Å². The monoisotopic (exact) mass is 232 g/mol. The molecule has 0 unspecified atom stereocenters. The third-order valence-electron chi connectivity index (χ3n) is 3.01. The molecule has 0 saturated carbocycles. The van der Waals surface area contributed by atoms with Gasteiger partial charge in [0.2, 0.25) is 11.8 Å². The van der Waals surface area contributed by atoms with Crippen molar-refractivity contribution in [2.45, 2.75) is 19.8 Å². The second kappa shape index (κ2) is 4.57. The van der Waals surface area contributed by atoms with E-state index in [1.165, 1.54) is 6.92 Å². The Kier molecular flexibility index (Phi) is 3.13. The van der Waals surface area contributed by atoms with Gasteiger partial charge in [0, 0.05) is 26.2 Å². The first-order chi connectivity index (χ1) is 8.08. The number of rotatable bonds is 3. The lowest BCUT2D eigenvalue weighted by atomic mass is 10.1. The summed E-state index contributed by atoms with van der Waals surface area (Å²) in [6.45, 7) is 2.15. The van der Waals surface area contributed by atoms with Crippen LogP contribution < -0.4 is 10.2 Å². The van der Waals surface area contributed by atoms with Crippen molar-refractivity contribution >= 4 is 17.5 Å². The molecule has 4 heteroatoms. The standard InChI is InChI=1S/C13H16N2O2/c1-9(16)14-6-5-10-3-4-12-11(7-10)8-13(17)15(12)2/h3-4,7H,5-6,8H2,1-2H3,(H,14,16). The van der Waals surface area contributed by atoms with Crippen molar-refractivity contribution in [1.29, 1.82) is 0 Å². The minimum absolute atomic E-state index is 0.0129. The van der Waals surface area contributed by atoms with E-state index >= 15 is 0 Å².